The molecular weight excluding hydrogens is 424 g/mol. The summed E-state index contributed by atoms with van der Waals surface area (Å²) in [5.41, 5.74) is 2.97. The fraction of sp³-hybridized carbons (Fsp3) is 0.136. The van der Waals surface area contributed by atoms with Crippen molar-refractivity contribution in [3.63, 3.8) is 0 Å². The van der Waals surface area contributed by atoms with Crippen molar-refractivity contribution in [3.8, 4) is 5.75 Å². The second-order valence-corrected chi connectivity index (χ2v) is 8.92. The monoisotopic (exact) mass is 444 g/mol. The highest BCUT2D eigenvalue weighted by atomic mass is 35.5. The van der Waals surface area contributed by atoms with E-state index >= 15 is 0 Å². The van der Waals surface area contributed by atoms with Gasteiger partial charge in [-0.3, -0.25) is 9.52 Å². The molecule has 0 aliphatic rings. The van der Waals surface area contributed by atoms with Crippen LogP contribution in [0.15, 0.2) is 65.6 Å². The lowest BCUT2D eigenvalue weighted by Gasteiger charge is -2.14. The van der Waals surface area contributed by atoms with Gasteiger partial charge < -0.3 is 10.1 Å². The zero-order chi connectivity index (χ0) is 21.9. The van der Waals surface area contributed by atoms with E-state index in [1.807, 2.05) is 19.9 Å². The minimum absolute atomic E-state index is 0.00568. The van der Waals surface area contributed by atoms with Crippen LogP contribution in [0.1, 0.15) is 21.5 Å². The Hall–Kier alpha value is -3.03. The smallest absolute Gasteiger partial charge is 0.261 e. The molecule has 0 radical (unpaired) electrons. The molecule has 3 aromatic rings. The van der Waals surface area contributed by atoms with Crippen LogP contribution < -0.4 is 14.8 Å². The number of benzene rings is 3. The first kappa shape index (κ1) is 21.7. The molecule has 3 rings (SSSR count). The van der Waals surface area contributed by atoms with Crippen LogP contribution in [0.25, 0.3) is 0 Å². The Kier molecular flexibility index (Phi) is 6.34. The first-order valence-electron chi connectivity index (χ1n) is 9.04. The molecule has 8 heteroatoms. The molecule has 3 aromatic carbocycles. The van der Waals surface area contributed by atoms with Crippen molar-refractivity contribution in [1.82, 2.24) is 0 Å². The van der Waals surface area contributed by atoms with Gasteiger partial charge in [-0.15, -0.1) is 0 Å². The average molecular weight is 445 g/mol. The maximum atomic E-state index is 12.9. The van der Waals surface area contributed by atoms with Crippen LogP contribution in [-0.4, -0.2) is 21.4 Å². The molecule has 2 N–H and O–H groups in total. The molecule has 156 valence electrons. The number of carbonyl (C=O) groups is 1. The van der Waals surface area contributed by atoms with Crippen LogP contribution in [0.3, 0.4) is 0 Å². The second kappa shape index (κ2) is 8.77. The zero-order valence-corrected chi connectivity index (χ0v) is 18.3. The van der Waals surface area contributed by atoms with Gasteiger partial charge in [-0.2, -0.15) is 0 Å². The summed E-state index contributed by atoms with van der Waals surface area (Å²) in [5.74, 6) is -0.0792. The summed E-state index contributed by atoms with van der Waals surface area (Å²) in [6.07, 6.45) is 0. The number of ether oxygens (including phenoxy) is 1. The van der Waals surface area contributed by atoms with Crippen molar-refractivity contribution in [3.05, 3.63) is 82.4 Å². The van der Waals surface area contributed by atoms with E-state index in [2.05, 4.69) is 10.0 Å². The quantitative estimate of drug-likeness (QED) is 0.559. The van der Waals surface area contributed by atoms with E-state index in [0.717, 1.165) is 11.1 Å². The van der Waals surface area contributed by atoms with E-state index in [1.165, 1.54) is 25.3 Å². The van der Waals surface area contributed by atoms with Gasteiger partial charge in [0, 0.05) is 16.3 Å². The van der Waals surface area contributed by atoms with Crippen LogP contribution >= 0.6 is 11.6 Å². The first-order valence-corrected chi connectivity index (χ1v) is 10.9. The van der Waals surface area contributed by atoms with Gasteiger partial charge in [0.25, 0.3) is 15.9 Å². The van der Waals surface area contributed by atoms with Gasteiger partial charge in [0.1, 0.15) is 5.75 Å². The fourth-order valence-corrected chi connectivity index (χ4v) is 4.19. The molecule has 6 nitrogen and oxygen atoms in total. The molecule has 0 saturated carbocycles. The molecule has 0 heterocycles. The molecule has 0 spiro atoms. The molecule has 0 bridgehead atoms. The number of sulfonamides is 1. The Morgan fingerprint density at radius 1 is 0.933 bits per heavy atom. The topological polar surface area (TPSA) is 84.5 Å². The number of carbonyl (C=O) groups excluding carboxylic acids is 1. The Bertz CT molecular complexity index is 1170. The summed E-state index contributed by atoms with van der Waals surface area (Å²) in [4.78, 5) is 12.5. The largest absolute Gasteiger partial charge is 0.495 e. The van der Waals surface area contributed by atoms with Gasteiger partial charge in [-0.05, 0) is 79.6 Å². The maximum absolute atomic E-state index is 12.9. The van der Waals surface area contributed by atoms with Gasteiger partial charge in [0.15, 0.2) is 0 Å². The minimum Gasteiger partial charge on any atom is -0.495 e. The van der Waals surface area contributed by atoms with Crippen LogP contribution in [0.2, 0.25) is 5.02 Å². The lowest BCUT2D eigenvalue weighted by Crippen LogP contribution is -2.16. The number of hydrogen-bond acceptors (Lipinski definition) is 4. The Balaban J connectivity index is 1.90. The van der Waals surface area contributed by atoms with Crippen LogP contribution in [0, 0.1) is 13.8 Å². The third-order valence-electron chi connectivity index (χ3n) is 4.31. The van der Waals surface area contributed by atoms with E-state index in [1.54, 1.807) is 36.4 Å². The molecule has 30 heavy (non-hydrogen) atoms. The van der Waals surface area contributed by atoms with Gasteiger partial charge in [0.05, 0.1) is 17.7 Å². The Labute approximate surface area is 180 Å². The van der Waals surface area contributed by atoms with E-state index < -0.39 is 15.9 Å². The Morgan fingerprint density at radius 3 is 2.17 bits per heavy atom. The van der Waals surface area contributed by atoms with E-state index in [9.17, 15) is 13.2 Å². The van der Waals surface area contributed by atoms with Gasteiger partial charge in [0.2, 0.25) is 0 Å². The number of nitrogens with one attached hydrogen (secondary N) is 2. The summed E-state index contributed by atoms with van der Waals surface area (Å²) in [6.45, 7) is 3.78. The number of anilines is 2. The van der Waals surface area contributed by atoms with Gasteiger partial charge in [-0.1, -0.05) is 17.7 Å². The lowest BCUT2D eigenvalue weighted by atomic mass is 10.1. The van der Waals surface area contributed by atoms with E-state index in [-0.39, 0.29) is 10.6 Å². The lowest BCUT2D eigenvalue weighted by molar-refractivity contribution is 0.102. The number of hydrogen-bond donors (Lipinski definition) is 2. The maximum Gasteiger partial charge on any atom is 0.261 e. The second-order valence-electron chi connectivity index (χ2n) is 6.80. The van der Waals surface area contributed by atoms with Crippen molar-refractivity contribution >= 4 is 38.9 Å². The first-order chi connectivity index (χ1) is 14.2. The average Bonchev–Trinajstić information content (AvgIpc) is 2.67. The van der Waals surface area contributed by atoms with Gasteiger partial charge >= 0.3 is 0 Å². The highest BCUT2D eigenvalue weighted by Crippen LogP contribution is 2.29. The summed E-state index contributed by atoms with van der Waals surface area (Å²) in [5, 5.41) is 3.20. The molecule has 0 aromatic heterocycles. The van der Waals surface area contributed by atoms with Crippen molar-refractivity contribution in [1.29, 1.82) is 0 Å². The molecular formula is C22H21ClN2O4S. The third-order valence-corrected chi connectivity index (χ3v) is 5.94. The van der Waals surface area contributed by atoms with Crippen molar-refractivity contribution in [2.24, 2.45) is 0 Å². The molecule has 0 aliphatic heterocycles. The van der Waals surface area contributed by atoms with Crippen LogP contribution in [0.5, 0.6) is 5.75 Å². The molecule has 0 aliphatic carbocycles. The zero-order valence-electron chi connectivity index (χ0n) is 16.7. The third kappa shape index (κ3) is 5.11. The predicted octanol–water partition coefficient (Wildman–Crippen LogP) is 5.02. The molecule has 0 saturated heterocycles. The highest BCUT2D eigenvalue weighted by Gasteiger charge is 2.18. The van der Waals surface area contributed by atoms with Crippen molar-refractivity contribution in [2.75, 3.05) is 17.1 Å². The highest BCUT2D eigenvalue weighted by molar-refractivity contribution is 7.92. The summed E-state index contributed by atoms with van der Waals surface area (Å²) >= 11 is 5.86. The standard InChI is InChI=1S/C22H21ClN2O4S/c1-14-10-15(2)12-18(11-14)25-30(27,28)19-8-9-21(29-3)20(13-19)24-22(26)16-4-6-17(23)7-5-16/h4-13,25H,1-3H3,(H,24,26). The molecule has 1 amide bonds. The molecule has 0 atom stereocenters. The van der Waals surface area contributed by atoms with Gasteiger partial charge in [-0.25, -0.2) is 8.42 Å². The Morgan fingerprint density at radius 2 is 1.57 bits per heavy atom. The number of methoxy groups -OCH3 is 1. The van der Waals surface area contributed by atoms with Crippen LogP contribution in [0.4, 0.5) is 11.4 Å². The molecule has 0 unspecified atom stereocenters. The van der Waals surface area contributed by atoms with Crippen molar-refractivity contribution in [2.45, 2.75) is 18.7 Å². The van der Waals surface area contributed by atoms with Crippen molar-refractivity contribution < 1.29 is 17.9 Å². The van der Waals surface area contributed by atoms with Crippen LogP contribution in [-0.2, 0) is 10.0 Å². The predicted molar refractivity (Wildman–Crippen MR) is 119 cm³/mol. The number of amides is 1. The SMILES string of the molecule is COc1ccc(S(=O)(=O)Nc2cc(C)cc(C)c2)cc1NC(=O)c1ccc(Cl)cc1. The summed E-state index contributed by atoms with van der Waals surface area (Å²) < 4.78 is 33.6. The summed E-state index contributed by atoms with van der Waals surface area (Å²) in [6, 6.07) is 16.1. The fourth-order valence-electron chi connectivity index (χ4n) is 3.00. The number of aryl methyl sites for hydroxylation is 2. The number of halogens is 1. The number of rotatable bonds is 6. The van der Waals surface area contributed by atoms with E-state index in [4.69, 9.17) is 16.3 Å². The van der Waals surface area contributed by atoms with E-state index in [0.29, 0.717) is 22.0 Å². The summed E-state index contributed by atoms with van der Waals surface area (Å²) in [7, 11) is -2.43. The minimum atomic E-state index is -3.87. The normalized spacial score (nSPS) is 11.1. The molecule has 0 fully saturated rings.